The number of hydrogen-bond acceptors (Lipinski definition) is 2. The summed E-state index contributed by atoms with van der Waals surface area (Å²) in [7, 11) is 0. The Morgan fingerprint density at radius 3 is 2.79 bits per heavy atom. The molecule has 1 heterocycles. The van der Waals surface area contributed by atoms with Crippen molar-refractivity contribution in [2.45, 2.75) is 31.3 Å². The molecule has 3 rings (SSSR count). The number of aromatic nitrogens is 1. The summed E-state index contributed by atoms with van der Waals surface area (Å²) in [6.45, 7) is 0. The van der Waals surface area contributed by atoms with Crippen molar-refractivity contribution in [3.8, 4) is 0 Å². The Labute approximate surface area is 121 Å². The molecule has 1 aliphatic carbocycles. The highest BCUT2D eigenvalue weighted by Crippen LogP contribution is 2.31. The minimum absolute atomic E-state index is 0.642. The maximum atomic E-state index is 10.8. The van der Waals surface area contributed by atoms with Crippen molar-refractivity contribution >= 4 is 15.9 Å². The van der Waals surface area contributed by atoms with Gasteiger partial charge in [-0.1, -0.05) is 24.3 Å². The number of pyridine rings is 1. The Hall–Kier alpha value is -1.19. The van der Waals surface area contributed by atoms with E-state index in [-0.39, 0.29) is 0 Å². The maximum absolute atomic E-state index is 10.8. The van der Waals surface area contributed by atoms with E-state index in [4.69, 9.17) is 0 Å². The largest absolute Gasteiger partial charge is 0.389 e. The number of rotatable bonds is 2. The summed E-state index contributed by atoms with van der Waals surface area (Å²) in [5.41, 5.74) is 3.09. The van der Waals surface area contributed by atoms with Gasteiger partial charge in [-0.05, 0) is 51.5 Å². The average Bonchev–Trinajstić information content (AvgIpc) is 2.38. The molecular formula is C16H16BrNO. The van der Waals surface area contributed by atoms with E-state index >= 15 is 0 Å². The molecule has 1 aromatic heterocycles. The highest BCUT2D eigenvalue weighted by Gasteiger charge is 2.32. The Bertz CT molecular complexity index is 599. The number of halogens is 1. The molecule has 1 N–H and O–H groups in total. The third-order valence-corrected chi connectivity index (χ3v) is 4.23. The summed E-state index contributed by atoms with van der Waals surface area (Å²) in [6, 6.07) is 10.4. The SMILES string of the molecule is OC1(Cc2cncc(Br)c2)CCc2ccccc2C1. The van der Waals surface area contributed by atoms with Crippen LogP contribution < -0.4 is 0 Å². The molecule has 1 atom stereocenters. The fraction of sp³-hybridized carbons (Fsp3) is 0.312. The van der Waals surface area contributed by atoms with Crippen molar-refractivity contribution in [3.05, 3.63) is 63.9 Å². The van der Waals surface area contributed by atoms with Gasteiger partial charge < -0.3 is 5.11 Å². The molecule has 1 aliphatic rings. The van der Waals surface area contributed by atoms with Gasteiger partial charge in [0.2, 0.25) is 0 Å². The van der Waals surface area contributed by atoms with Crippen LogP contribution in [0.25, 0.3) is 0 Å². The number of fused-ring (bicyclic) bond motifs is 1. The van der Waals surface area contributed by atoms with Crippen LogP contribution in [0.3, 0.4) is 0 Å². The van der Waals surface area contributed by atoms with E-state index < -0.39 is 5.60 Å². The van der Waals surface area contributed by atoms with Crippen molar-refractivity contribution in [1.29, 1.82) is 0 Å². The lowest BCUT2D eigenvalue weighted by Gasteiger charge is -2.33. The zero-order chi connectivity index (χ0) is 13.3. The Balaban J connectivity index is 1.82. The molecule has 0 bridgehead atoms. The number of benzene rings is 1. The Morgan fingerprint density at radius 1 is 1.21 bits per heavy atom. The van der Waals surface area contributed by atoms with Gasteiger partial charge in [0.15, 0.2) is 0 Å². The van der Waals surface area contributed by atoms with Crippen LogP contribution in [-0.2, 0) is 19.3 Å². The van der Waals surface area contributed by atoms with Gasteiger partial charge in [0.25, 0.3) is 0 Å². The highest BCUT2D eigenvalue weighted by molar-refractivity contribution is 9.10. The van der Waals surface area contributed by atoms with E-state index in [9.17, 15) is 5.11 Å². The van der Waals surface area contributed by atoms with Crippen molar-refractivity contribution in [1.82, 2.24) is 4.98 Å². The first kappa shape index (κ1) is 12.8. The van der Waals surface area contributed by atoms with Gasteiger partial charge in [0.1, 0.15) is 0 Å². The third kappa shape index (κ3) is 2.88. The van der Waals surface area contributed by atoms with Crippen LogP contribution in [0.15, 0.2) is 47.2 Å². The summed E-state index contributed by atoms with van der Waals surface area (Å²) in [5, 5.41) is 10.8. The molecular weight excluding hydrogens is 302 g/mol. The van der Waals surface area contributed by atoms with Crippen LogP contribution in [0.5, 0.6) is 0 Å². The summed E-state index contributed by atoms with van der Waals surface area (Å²) < 4.78 is 0.963. The summed E-state index contributed by atoms with van der Waals surface area (Å²) in [5.74, 6) is 0. The lowest BCUT2D eigenvalue weighted by atomic mass is 9.77. The molecule has 0 aliphatic heterocycles. The van der Waals surface area contributed by atoms with Crippen LogP contribution in [0.4, 0.5) is 0 Å². The molecule has 19 heavy (non-hydrogen) atoms. The molecule has 0 saturated carbocycles. The number of hydrogen-bond donors (Lipinski definition) is 1. The first-order valence-corrected chi connectivity index (χ1v) is 7.33. The van der Waals surface area contributed by atoms with Crippen molar-refractivity contribution in [2.75, 3.05) is 0 Å². The van der Waals surface area contributed by atoms with Gasteiger partial charge >= 0.3 is 0 Å². The van der Waals surface area contributed by atoms with Gasteiger partial charge in [-0.3, -0.25) is 4.98 Å². The number of aliphatic hydroxyl groups is 1. The minimum Gasteiger partial charge on any atom is -0.389 e. The van der Waals surface area contributed by atoms with Crippen LogP contribution in [0, 0.1) is 0 Å². The molecule has 0 radical (unpaired) electrons. The van der Waals surface area contributed by atoms with Crippen LogP contribution in [0.1, 0.15) is 23.1 Å². The van der Waals surface area contributed by atoms with E-state index in [0.717, 1.165) is 29.3 Å². The summed E-state index contributed by atoms with van der Waals surface area (Å²) in [4.78, 5) is 4.17. The molecule has 0 saturated heterocycles. The highest BCUT2D eigenvalue weighted by atomic mass is 79.9. The van der Waals surface area contributed by atoms with Crippen LogP contribution in [0.2, 0.25) is 0 Å². The molecule has 0 spiro atoms. The fourth-order valence-electron chi connectivity index (χ4n) is 2.87. The van der Waals surface area contributed by atoms with E-state index in [1.807, 2.05) is 18.3 Å². The van der Waals surface area contributed by atoms with Gasteiger partial charge in [-0.2, -0.15) is 0 Å². The molecule has 1 unspecified atom stereocenters. The van der Waals surface area contributed by atoms with Gasteiger partial charge in [-0.15, -0.1) is 0 Å². The Kier molecular flexibility index (Phi) is 3.42. The summed E-state index contributed by atoms with van der Waals surface area (Å²) >= 11 is 3.43. The standard InChI is InChI=1S/C16H16BrNO/c17-15-7-12(10-18-11-15)8-16(19)6-5-13-3-1-2-4-14(13)9-16/h1-4,7,10-11,19H,5-6,8-9H2. The first-order chi connectivity index (χ1) is 9.15. The zero-order valence-electron chi connectivity index (χ0n) is 10.6. The predicted octanol–water partition coefficient (Wildman–Crippen LogP) is 3.31. The fourth-order valence-corrected chi connectivity index (χ4v) is 3.28. The summed E-state index contributed by atoms with van der Waals surface area (Å²) in [6.07, 6.45) is 6.76. The van der Waals surface area contributed by atoms with Crippen LogP contribution >= 0.6 is 15.9 Å². The van der Waals surface area contributed by atoms with E-state index in [1.54, 1.807) is 6.20 Å². The molecule has 2 nitrogen and oxygen atoms in total. The topological polar surface area (TPSA) is 33.1 Å². The third-order valence-electron chi connectivity index (χ3n) is 3.79. The maximum Gasteiger partial charge on any atom is 0.0731 e. The van der Waals surface area contributed by atoms with Crippen LogP contribution in [-0.4, -0.2) is 15.7 Å². The number of aryl methyl sites for hydroxylation is 1. The Morgan fingerprint density at radius 2 is 2.00 bits per heavy atom. The minimum atomic E-state index is -0.642. The predicted molar refractivity (Wildman–Crippen MR) is 79.1 cm³/mol. The van der Waals surface area contributed by atoms with Gasteiger partial charge in [0.05, 0.1) is 5.60 Å². The van der Waals surface area contributed by atoms with E-state index in [0.29, 0.717) is 6.42 Å². The molecule has 1 aromatic carbocycles. The molecule has 0 fully saturated rings. The molecule has 2 aromatic rings. The average molecular weight is 318 g/mol. The van der Waals surface area contributed by atoms with E-state index in [1.165, 1.54) is 11.1 Å². The van der Waals surface area contributed by atoms with E-state index in [2.05, 4.69) is 39.1 Å². The molecule has 3 heteroatoms. The lowest BCUT2D eigenvalue weighted by molar-refractivity contribution is 0.0266. The lowest BCUT2D eigenvalue weighted by Crippen LogP contribution is -2.38. The monoisotopic (exact) mass is 317 g/mol. The second-order valence-corrected chi connectivity index (χ2v) is 6.27. The molecule has 98 valence electrons. The normalized spacial score (nSPS) is 22.0. The second kappa shape index (κ2) is 5.06. The van der Waals surface area contributed by atoms with Gasteiger partial charge in [-0.25, -0.2) is 0 Å². The van der Waals surface area contributed by atoms with Crippen molar-refractivity contribution in [2.24, 2.45) is 0 Å². The van der Waals surface area contributed by atoms with Crippen molar-refractivity contribution < 1.29 is 5.11 Å². The van der Waals surface area contributed by atoms with Gasteiger partial charge in [0, 0.05) is 29.7 Å². The molecule has 0 amide bonds. The number of nitrogens with zero attached hydrogens (tertiary/aromatic N) is 1. The van der Waals surface area contributed by atoms with Crippen molar-refractivity contribution in [3.63, 3.8) is 0 Å². The smallest absolute Gasteiger partial charge is 0.0731 e. The quantitative estimate of drug-likeness (QED) is 0.921. The zero-order valence-corrected chi connectivity index (χ0v) is 12.2. The first-order valence-electron chi connectivity index (χ1n) is 6.53. The second-order valence-electron chi connectivity index (χ2n) is 5.36.